The fourth-order valence-electron chi connectivity index (χ4n) is 1.19. The van der Waals surface area contributed by atoms with E-state index in [-0.39, 0.29) is 26.2 Å². The van der Waals surface area contributed by atoms with Crippen LogP contribution in [-0.4, -0.2) is 50.4 Å². The first-order valence-corrected chi connectivity index (χ1v) is 6.14. The van der Waals surface area contributed by atoms with E-state index in [0.29, 0.717) is 0 Å². The highest BCUT2D eigenvalue weighted by Crippen LogP contribution is 2.04. The van der Waals surface area contributed by atoms with Gasteiger partial charge < -0.3 is 18.9 Å². The highest BCUT2D eigenvalue weighted by Gasteiger charge is 2.25. The molecule has 0 bridgehead atoms. The number of carbonyl (C=O) groups is 3. The molecule has 0 aromatic rings. The maximum atomic E-state index is 11.5. The zero-order valence-electron chi connectivity index (χ0n) is 11.5. The van der Waals surface area contributed by atoms with E-state index < -0.39 is 30.6 Å². The van der Waals surface area contributed by atoms with Crippen LogP contribution in [0.1, 0.15) is 27.2 Å². The lowest BCUT2D eigenvalue weighted by Gasteiger charge is -2.15. The van der Waals surface area contributed by atoms with Gasteiger partial charge in [-0.2, -0.15) is 0 Å². The molecule has 0 rings (SSSR count). The monoisotopic (exact) mass is 276 g/mol. The molecule has 0 N–H and O–H groups in total. The van der Waals surface area contributed by atoms with Crippen LogP contribution < -0.4 is 0 Å². The molecule has 0 spiro atoms. The molecule has 110 valence electrons. The second kappa shape index (κ2) is 10.3. The van der Waals surface area contributed by atoms with Crippen LogP contribution in [-0.2, 0) is 33.3 Å². The number of esters is 3. The Balaban J connectivity index is 4.37. The molecule has 0 radical (unpaired) electrons. The Morgan fingerprint density at radius 2 is 1.37 bits per heavy atom. The van der Waals surface area contributed by atoms with Crippen LogP contribution in [0.4, 0.5) is 0 Å². The van der Waals surface area contributed by atoms with Crippen LogP contribution in [0.25, 0.3) is 0 Å². The first-order valence-electron chi connectivity index (χ1n) is 6.14. The average Bonchev–Trinajstić information content (AvgIpc) is 2.35. The van der Waals surface area contributed by atoms with Crippen LogP contribution in [0.2, 0.25) is 0 Å². The summed E-state index contributed by atoms with van der Waals surface area (Å²) in [6, 6.07) is 0. The van der Waals surface area contributed by atoms with Gasteiger partial charge in [-0.25, -0.2) is 9.59 Å². The summed E-state index contributed by atoms with van der Waals surface area (Å²) in [5.41, 5.74) is 0. The van der Waals surface area contributed by atoms with Crippen LogP contribution >= 0.6 is 0 Å². The van der Waals surface area contributed by atoms with Crippen molar-refractivity contribution in [2.45, 2.75) is 33.3 Å². The molecule has 19 heavy (non-hydrogen) atoms. The van der Waals surface area contributed by atoms with Gasteiger partial charge in [0.1, 0.15) is 6.61 Å². The maximum Gasteiger partial charge on any atom is 0.335 e. The predicted molar refractivity (Wildman–Crippen MR) is 64.3 cm³/mol. The Labute approximate surface area is 112 Å². The number of rotatable bonds is 9. The summed E-state index contributed by atoms with van der Waals surface area (Å²) >= 11 is 0. The van der Waals surface area contributed by atoms with Gasteiger partial charge in [-0.3, -0.25) is 4.79 Å². The number of carbonyl (C=O) groups excluding carboxylic acids is 3. The first kappa shape index (κ1) is 17.4. The summed E-state index contributed by atoms with van der Waals surface area (Å²) in [6.07, 6.45) is -1.46. The highest BCUT2D eigenvalue weighted by molar-refractivity contribution is 5.82. The molecule has 0 saturated carbocycles. The highest BCUT2D eigenvalue weighted by atomic mass is 16.6. The van der Waals surface area contributed by atoms with Crippen molar-refractivity contribution in [3.8, 4) is 0 Å². The zero-order chi connectivity index (χ0) is 14.7. The molecule has 0 fully saturated rings. The van der Waals surface area contributed by atoms with E-state index in [0.717, 1.165) is 0 Å². The van der Waals surface area contributed by atoms with E-state index >= 15 is 0 Å². The predicted octanol–water partition coefficient (Wildman–Crippen LogP) is 0.451. The van der Waals surface area contributed by atoms with Crippen molar-refractivity contribution < 1.29 is 33.3 Å². The van der Waals surface area contributed by atoms with Gasteiger partial charge in [0, 0.05) is 0 Å². The molecule has 0 amide bonds. The summed E-state index contributed by atoms with van der Waals surface area (Å²) in [5, 5.41) is 0. The van der Waals surface area contributed by atoms with E-state index in [9.17, 15) is 14.4 Å². The normalized spacial score (nSPS) is 11.5. The van der Waals surface area contributed by atoms with Gasteiger partial charge in [0.15, 0.2) is 6.10 Å². The lowest BCUT2D eigenvalue weighted by atomic mass is 10.2. The largest absolute Gasteiger partial charge is 0.466 e. The van der Waals surface area contributed by atoms with Crippen molar-refractivity contribution in [2.75, 3.05) is 26.4 Å². The molecule has 0 aromatic heterocycles. The molecule has 0 aliphatic heterocycles. The Kier molecular flexibility index (Phi) is 9.42. The Morgan fingerprint density at radius 3 is 1.89 bits per heavy atom. The second-order valence-corrected chi connectivity index (χ2v) is 3.37. The van der Waals surface area contributed by atoms with Crippen molar-refractivity contribution in [3.63, 3.8) is 0 Å². The Morgan fingerprint density at radius 1 is 0.842 bits per heavy atom. The van der Waals surface area contributed by atoms with E-state index in [2.05, 4.69) is 4.74 Å². The number of ether oxygens (including phenoxy) is 4. The van der Waals surface area contributed by atoms with E-state index in [1.54, 1.807) is 20.8 Å². The van der Waals surface area contributed by atoms with Crippen LogP contribution in [0.5, 0.6) is 0 Å². The van der Waals surface area contributed by atoms with Crippen molar-refractivity contribution in [2.24, 2.45) is 0 Å². The lowest BCUT2D eigenvalue weighted by Crippen LogP contribution is -2.32. The molecule has 0 aromatic carbocycles. The smallest absolute Gasteiger partial charge is 0.335 e. The number of hydrogen-bond donors (Lipinski definition) is 0. The molecule has 1 atom stereocenters. The van der Waals surface area contributed by atoms with Gasteiger partial charge in [0.05, 0.1) is 26.2 Å². The van der Waals surface area contributed by atoms with E-state index in [4.69, 9.17) is 14.2 Å². The van der Waals surface area contributed by atoms with Crippen LogP contribution in [0.3, 0.4) is 0 Å². The molecule has 0 aliphatic rings. The van der Waals surface area contributed by atoms with Crippen LogP contribution in [0.15, 0.2) is 0 Å². The van der Waals surface area contributed by atoms with Gasteiger partial charge >= 0.3 is 17.9 Å². The fourth-order valence-corrected chi connectivity index (χ4v) is 1.19. The van der Waals surface area contributed by atoms with Crippen molar-refractivity contribution in [1.29, 1.82) is 0 Å². The standard InChI is InChI=1S/C12H20O7/c1-4-16-10(13)7-9(12(15)18-6-3)19-8-11(14)17-5-2/h9H,4-8H2,1-3H3. The molecular weight excluding hydrogens is 256 g/mol. The van der Waals surface area contributed by atoms with Gasteiger partial charge in [0.25, 0.3) is 0 Å². The average molecular weight is 276 g/mol. The third kappa shape index (κ3) is 8.15. The molecule has 0 heterocycles. The molecule has 7 nitrogen and oxygen atoms in total. The summed E-state index contributed by atoms with van der Waals surface area (Å²) < 4.78 is 19.2. The minimum Gasteiger partial charge on any atom is -0.466 e. The van der Waals surface area contributed by atoms with E-state index in [1.807, 2.05) is 0 Å². The van der Waals surface area contributed by atoms with Gasteiger partial charge in [-0.15, -0.1) is 0 Å². The van der Waals surface area contributed by atoms with Crippen LogP contribution in [0, 0.1) is 0 Å². The molecule has 0 aliphatic carbocycles. The van der Waals surface area contributed by atoms with E-state index in [1.165, 1.54) is 0 Å². The molecule has 1 unspecified atom stereocenters. The molecule has 0 saturated heterocycles. The Bertz CT molecular complexity index is 300. The van der Waals surface area contributed by atoms with Gasteiger partial charge in [-0.05, 0) is 20.8 Å². The maximum absolute atomic E-state index is 11.5. The third-order valence-corrected chi connectivity index (χ3v) is 1.91. The SMILES string of the molecule is CCOC(=O)COC(CC(=O)OCC)C(=O)OCC. The first-order chi connectivity index (χ1) is 9.04. The molecular formula is C12H20O7. The summed E-state index contributed by atoms with van der Waals surface area (Å²) in [5.74, 6) is -1.91. The third-order valence-electron chi connectivity index (χ3n) is 1.91. The quantitative estimate of drug-likeness (QED) is 0.446. The Hall–Kier alpha value is -1.63. The number of hydrogen-bond acceptors (Lipinski definition) is 7. The molecule has 7 heteroatoms. The minimum atomic E-state index is -1.16. The fraction of sp³-hybridized carbons (Fsp3) is 0.750. The zero-order valence-corrected chi connectivity index (χ0v) is 11.5. The van der Waals surface area contributed by atoms with Crippen molar-refractivity contribution in [1.82, 2.24) is 0 Å². The summed E-state index contributed by atoms with van der Waals surface area (Å²) in [6.45, 7) is 5.08. The summed E-state index contributed by atoms with van der Waals surface area (Å²) in [4.78, 5) is 34.0. The van der Waals surface area contributed by atoms with Gasteiger partial charge in [-0.1, -0.05) is 0 Å². The van der Waals surface area contributed by atoms with Crippen molar-refractivity contribution >= 4 is 17.9 Å². The van der Waals surface area contributed by atoms with Crippen molar-refractivity contribution in [3.05, 3.63) is 0 Å². The lowest BCUT2D eigenvalue weighted by molar-refractivity contribution is -0.168. The minimum absolute atomic E-state index is 0.154. The second-order valence-electron chi connectivity index (χ2n) is 3.37. The topological polar surface area (TPSA) is 88.1 Å². The van der Waals surface area contributed by atoms with Gasteiger partial charge in [0.2, 0.25) is 0 Å². The summed E-state index contributed by atoms with van der Waals surface area (Å²) in [7, 11) is 0.